The normalized spacial score (nSPS) is 13.2. The fourth-order valence-electron chi connectivity index (χ4n) is 3.17. The molecule has 3 aromatic heterocycles. The van der Waals surface area contributed by atoms with E-state index in [1.807, 2.05) is 19.1 Å². The average Bonchev–Trinajstić information content (AvgIpc) is 3.19. The molecule has 5 N–H and O–H groups in total. The summed E-state index contributed by atoms with van der Waals surface area (Å²) in [4.78, 5) is 31.3. The number of nitrogens with two attached hydrogens (primary N) is 2. The molecule has 6 nitrogen and oxygen atoms in total. The van der Waals surface area contributed by atoms with Crippen LogP contribution in [0.1, 0.15) is 42.6 Å². The maximum Gasteiger partial charge on any atom is 0.268 e. The Kier molecular flexibility index (Phi) is 3.73. The van der Waals surface area contributed by atoms with Crippen LogP contribution < -0.4 is 16.8 Å². The molecule has 0 radical (unpaired) electrons. The third-order valence-corrected chi connectivity index (χ3v) is 6.66. The number of nitrogen functional groups attached to an aromatic ring is 1. The first kappa shape index (κ1) is 16.0. The number of pyridine rings is 1. The van der Waals surface area contributed by atoms with Gasteiger partial charge in [0.1, 0.15) is 14.7 Å². The number of carbonyl (C=O) groups excluding carboxylic acids is 2. The zero-order valence-corrected chi connectivity index (χ0v) is 15.1. The van der Waals surface area contributed by atoms with Crippen LogP contribution in [0.5, 0.6) is 0 Å². The Labute approximate surface area is 151 Å². The number of fused-ring (bicyclic) bond motifs is 2. The number of carbonyl (C=O) groups is 2. The summed E-state index contributed by atoms with van der Waals surface area (Å²) in [6.45, 7) is 1.89. The second kappa shape index (κ2) is 5.82. The highest BCUT2D eigenvalue weighted by molar-refractivity contribution is 7.21. The molecule has 0 bridgehead atoms. The second-order valence-electron chi connectivity index (χ2n) is 6.03. The SMILES string of the molecule is Cc1ccc2c(N)c(C(=O)Nc3sc4c(c3C(N)=O)CCC4)sc2n1. The van der Waals surface area contributed by atoms with E-state index >= 15 is 0 Å². The topological polar surface area (TPSA) is 111 Å². The maximum absolute atomic E-state index is 12.7. The number of nitrogens with one attached hydrogen (secondary N) is 1. The van der Waals surface area contributed by atoms with E-state index in [2.05, 4.69) is 10.3 Å². The molecule has 1 aliphatic rings. The number of hydrogen-bond acceptors (Lipinski definition) is 6. The van der Waals surface area contributed by atoms with Gasteiger partial charge in [0.2, 0.25) is 0 Å². The lowest BCUT2D eigenvalue weighted by Gasteiger charge is -2.05. The van der Waals surface area contributed by atoms with Gasteiger partial charge in [-0.1, -0.05) is 0 Å². The summed E-state index contributed by atoms with van der Waals surface area (Å²) >= 11 is 2.68. The minimum absolute atomic E-state index is 0.333. The number of amides is 2. The Morgan fingerprint density at radius 1 is 1.24 bits per heavy atom. The van der Waals surface area contributed by atoms with Gasteiger partial charge in [0, 0.05) is 16.0 Å². The van der Waals surface area contributed by atoms with E-state index in [-0.39, 0.29) is 5.91 Å². The van der Waals surface area contributed by atoms with Crippen molar-refractivity contribution in [3.63, 3.8) is 0 Å². The molecule has 0 saturated carbocycles. The zero-order valence-electron chi connectivity index (χ0n) is 13.5. The van der Waals surface area contributed by atoms with Gasteiger partial charge in [-0.25, -0.2) is 4.98 Å². The van der Waals surface area contributed by atoms with Gasteiger partial charge in [0.25, 0.3) is 11.8 Å². The van der Waals surface area contributed by atoms with Gasteiger partial charge >= 0.3 is 0 Å². The second-order valence-corrected chi connectivity index (χ2v) is 8.13. The Morgan fingerprint density at radius 2 is 2.04 bits per heavy atom. The molecule has 4 rings (SSSR count). The molecule has 128 valence electrons. The molecule has 0 unspecified atom stereocenters. The number of thiophene rings is 2. The number of rotatable bonds is 3. The van der Waals surface area contributed by atoms with Crippen molar-refractivity contribution in [1.29, 1.82) is 0 Å². The summed E-state index contributed by atoms with van der Waals surface area (Å²) in [5.74, 6) is -0.836. The molecule has 0 atom stereocenters. The molecule has 0 saturated heterocycles. The summed E-state index contributed by atoms with van der Waals surface area (Å²) in [6.07, 6.45) is 2.77. The summed E-state index contributed by atoms with van der Waals surface area (Å²) in [5, 5.41) is 4.12. The molecule has 8 heteroatoms. The number of aryl methyl sites for hydroxylation is 2. The fraction of sp³-hybridized carbons (Fsp3) is 0.235. The van der Waals surface area contributed by atoms with E-state index in [1.54, 1.807) is 0 Å². The Hall–Kier alpha value is -2.45. The average molecular weight is 372 g/mol. The lowest BCUT2D eigenvalue weighted by molar-refractivity contribution is 0.100. The molecule has 3 aromatic rings. The minimum Gasteiger partial charge on any atom is -0.397 e. The van der Waals surface area contributed by atoms with E-state index in [9.17, 15) is 9.59 Å². The van der Waals surface area contributed by atoms with Gasteiger partial charge in [-0.15, -0.1) is 22.7 Å². The van der Waals surface area contributed by atoms with Crippen molar-refractivity contribution >= 4 is 55.4 Å². The smallest absolute Gasteiger partial charge is 0.268 e. The van der Waals surface area contributed by atoms with Crippen molar-refractivity contribution in [3.05, 3.63) is 38.7 Å². The van der Waals surface area contributed by atoms with Gasteiger partial charge < -0.3 is 16.8 Å². The molecule has 3 heterocycles. The molecular weight excluding hydrogens is 356 g/mol. The first-order valence-electron chi connectivity index (χ1n) is 7.87. The summed E-state index contributed by atoms with van der Waals surface area (Å²) < 4.78 is 0. The van der Waals surface area contributed by atoms with Crippen molar-refractivity contribution in [1.82, 2.24) is 4.98 Å². The predicted octanol–water partition coefficient (Wildman–Crippen LogP) is 3.09. The number of anilines is 2. The number of aromatic nitrogens is 1. The van der Waals surface area contributed by atoms with Crippen LogP contribution in [0, 0.1) is 6.92 Å². The van der Waals surface area contributed by atoms with Crippen LogP contribution in [0.3, 0.4) is 0 Å². The van der Waals surface area contributed by atoms with Crippen LogP contribution in [0.4, 0.5) is 10.7 Å². The highest BCUT2D eigenvalue weighted by Crippen LogP contribution is 2.40. The standard InChI is InChI=1S/C17H16N4O2S2/c1-7-5-6-9-12(18)13(25-16(9)20-7)15(23)21-17-11(14(19)22)8-3-2-4-10(8)24-17/h5-6H,2-4,18H2,1H3,(H2,19,22)(H,21,23). The molecule has 0 spiro atoms. The molecular formula is C17H16N4O2S2. The van der Waals surface area contributed by atoms with Crippen LogP contribution in [0.25, 0.3) is 10.2 Å². The summed E-state index contributed by atoms with van der Waals surface area (Å²) in [6, 6.07) is 3.73. The maximum atomic E-state index is 12.7. The largest absolute Gasteiger partial charge is 0.397 e. The van der Waals surface area contributed by atoms with Crippen LogP contribution >= 0.6 is 22.7 Å². The van der Waals surface area contributed by atoms with Gasteiger partial charge in [-0.3, -0.25) is 9.59 Å². The Balaban J connectivity index is 1.72. The molecule has 1 aliphatic carbocycles. The van der Waals surface area contributed by atoms with Crippen LogP contribution in [-0.2, 0) is 12.8 Å². The van der Waals surface area contributed by atoms with E-state index in [1.165, 1.54) is 22.7 Å². The van der Waals surface area contributed by atoms with Crippen molar-refractivity contribution in [3.8, 4) is 0 Å². The van der Waals surface area contributed by atoms with Crippen LogP contribution in [0.15, 0.2) is 12.1 Å². The lowest BCUT2D eigenvalue weighted by Crippen LogP contribution is -2.17. The lowest BCUT2D eigenvalue weighted by atomic mass is 10.1. The number of primary amides is 1. The first-order chi connectivity index (χ1) is 12.0. The first-order valence-corrected chi connectivity index (χ1v) is 9.50. The molecule has 0 aliphatic heterocycles. The van der Waals surface area contributed by atoms with Gasteiger partial charge in [0.15, 0.2) is 0 Å². The molecule has 0 fully saturated rings. The van der Waals surface area contributed by atoms with Crippen LogP contribution in [0.2, 0.25) is 0 Å². The monoisotopic (exact) mass is 372 g/mol. The Bertz CT molecular complexity index is 1040. The minimum atomic E-state index is -0.503. The number of hydrogen-bond donors (Lipinski definition) is 3. The molecule has 25 heavy (non-hydrogen) atoms. The molecule has 0 aromatic carbocycles. The van der Waals surface area contributed by atoms with E-state index in [0.717, 1.165) is 45.6 Å². The van der Waals surface area contributed by atoms with E-state index < -0.39 is 5.91 Å². The quantitative estimate of drug-likeness (QED) is 0.656. The highest BCUT2D eigenvalue weighted by Gasteiger charge is 2.27. The third kappa shape index (κ3) is 2.58. The van der Waals surface area contributed by atoms with Crippen molar-refractivity contribution in [2.24, 2.45) is 5.73 Å². The molecule has 2 amide bonds. The fourth-order valence-corrected chi connectivity index (χ4v) is 5.50. The van der Waals surface area contributed by atoms with Gasteiger partial charge in [-0.05, 0) is 43.9 Å². The highest BCUT2D eigenvalue weighted by atomic mass is 32.1. The number of nitrogens with zero attached hydrogens (tertiary/aromatic N) is 1. The van der Waals surface area contributed by atoms with E-state index in [0.29, 0.717) is 21.1 Å². The van der Waals surface area contributed by atoms with Crippen molar-refractivity contribution < 1.29 is 9.59 Å². The van der Waals surface area contributed by atoms with E-state index in [4.69, 9.17) is 11.5 Å². The third-order valence-electron chi connectivity index (χ3n) is 4.33. The summed E-state index contributed by atoms with van der Waals surface area (Å²) in [7, 11) is 0. The summed E-state index contributed by atoms with van der Waals surface area (Å²) in [5.41, 5.74) is 14.4. The predicted molar refractivity (Wildman–Crippen MR) is 102 cm³/mol. The Morgan fingerprint density at radius 3 is 2.80 bits per heavy atom. The van der Waals surface area contributed by atoms with Crippen molar-refractivity contribution in [2.75, 3.05) is 11.1 Å². The zero-order chi connectivity index (χ0) is 17.7. The van der Waals surface area contributed by atoms with Crippen LogP contribution in [-0.4, -0.2) is 16.8 Å². The van der Waals surface area contributed by atoms with Gasteiger partial charge in [-0.2, -0.15) is 0 Å². The van der Waals surface area contributed by atoms with Crippen molar-refractivity contribution in [2.45, 2.75) is 26.2 Å². The van der Waals surface area contributed by atoms with Gasteiger partial charge in [0.05, 0.1) is 11.3 Å².